The molecule has 1 aliphatic rings. The number of alkyl halides is 1. The highest BCUT2D eigenvalue weighted by Crippen LogP contribution is 2.30. The van der Waals surface area contributed by atoms with Crippen molar-refractivity contribution in [2.45, 2.75) is 37.2 Å². The highest BCUT2D eigenvalue weighted by atomic mass is 35.5. The first kappa shape index (κ1) is 18.4. The summed E-state index contributed by atoms with van der Waals surface area (Å²) in [7, 11) is -4.32. The molecule has 130 valence electrons. The van der Waals surface area contributed by atoms with Crippen LogP contribution in [0, 0.1) is 6.92 Å². The largest absolute Gasteiger partial charge is 0.370 e. The Bertz CT molecular complexity index is 813. The number of allylic oxidation sites excluding steroid dienone is 1. The van der Waals surface area contributed by atoms with Crippen molar-refractivity contribution in [3.8, 4) is 0 Å². The summed E-state index contributed by atoms with van der Waals surface area (Å²) in [6.07, 6.45) is 0. The Labute approximate surface area is 145 Å². The molecule has 0 aromatic heterocycles. The van der Waals surface area contributed by atoms with E-state index in [4.69, 9.17) is 17.3 Å². The van der Waals surface area contributed by atoms with E-state index in [2.05, 4.69) is 4.18 Å². The molecule has 2 atom stereocenters. The van der Waals surface area contributed by atoms with Crippen molar-refractivity contribution < 1.29 is 22.2 Å². The number of hydrogen-bond acceptors (Lipinski definition) is 6. The third-order valence-corrected chi connectivity index (χ3v) is 5.16. The Morgan fingerprint density at radius 2 is 1.79 bits per heavy atom. The molecule has 0 spiro atoms. The normalized spacial score (nSPS) is 20.4. The number of carbonyl (C=O) groups excluding carboxylic acids is 2. The van der Waals surface area contributed by atoms with Crippen molar-refractivity contribution >= 4 is 33.6 Å². The first-order valence-electron chi connectivity index (χ1n) is 7.02. The van der Waals surface area contributed by atoms with Crippen molar-refractivity contribution in [3.05, 3.63) is 41.1 Å². The van der Waals surface area contributed by atoms with Gasteiger partial charge < -0.3 is 9.92 Å². The topological polar surface area (TPSA) is 107 Å². The van der Waals surface area contributed by atoms with Gasteiger partial charge in [0, 0.05) is 0 Å². The van der Waals surface area contributed by atoms with E-state index in [1.165, 1.54) is 26.0 Å². The summed E-state index contributed by atoms with van der Waals surface area (Å²) in [5, 5.41) is 0. The fraction of sp³-hybridized carbons (Fsp3) is 0.333. The Balaban J connectivity index is 2.28. The maximum absolute atomic E-state index is 12.3. The Hall–Kier alpha value is -1.90. The lowest BCUT2D eigenvalue weighted by Crippen LogP contribution is -2.66. The molecule has 2 rings (SSSR count). The number of nitrogens with zero attached hydrogens (tertiary/aromatic N) is 1. The van der Waals surface area contributed by atoms with Gasteiger partial charge in [-0.05, 0) is 38.5 Å². The molecule has 1 heterocycles. The van der Waals surface area contributed by atoms with Crippen LogP contribution in [0.5, 0.6) is 0 Å². The minimum Gasteiger partial charge on any atom is -0.336 e. The van der Waals surface area contributed by atoms with E-state index in [0.29, 0.717) is 5.57 Å². The van der Waals surface area contributed by atoms with Crippen LogP contribution in [0.15, 0.2) is 40.4 Å². The van der Waals surface area contributed by atoms with Gasteiger partial charge in [0.2, 0.25) is 5.91 Å². The van der Waals surface area contributed by atoms with Crippen LogP contribution in [-0.2, 0) is 23.9 Å². The molecular weight excluding hydrogens is 356 g/mol. The summed E-state index contributed by atoms with van der Waals surface area (Å²) < 4.78 is 29.1. The van der Waals surface area contributed by atoms with Crippen LogP contribution in [0.3, 0.4) is 0 Å². The molecular formula is C15H17ClN2O5S. The van der Waals surface area contributed by atoms with E-state index in [1.54, 1.807) is 19.1 Å². The zero-order valence-electron chi connectivity index (χ0n) is 13.3. The standard InChI is InChI=1S/C15H17ClN2O5S/c1-8(2)12(18-13(16)11(17)14(18)19)15(20)23-24(21,22)10-6-4-9(3)5-7-10/h4-7,11,13H,17H2,1-3H3. The number of rotatable bonds is 4. The molecule has 0 saturated carbocycles. The molecule has 1 saturated heterocycles. The fourth-order valence-electron chi connectivity index (χ4n) is 2.15. The minimum atomic E-state index is -4.32. The van der Waals surface area contributed by atoms with Gasteiger partial charge in [-0.3, -0.25) is 9.69 Å². The zero-order chi connectivity index (χ0) is 18.2. The minimum absolute atomic E-state index is 0.163. The molecule has 1 aromatic rings. The maximum Gasteiger partial charge on any atom is 0.370 e. The monoisotopic (exact) mass is 372 g/mol. The van der Waals surface area contributed by atoms with Gasteiger partial charge in [0.05, 0.1) is 0 Å². The average Bonchev–Trinajstić information content (AvgIpc) is 2.50. The summed E-state index contributed by atoms with van der Waals surface area (Å²) in [5.41, 5.74) is 5.59. The van der Waals surface area contributed by atoms with E-state index in [0.717, 1.165) is 10.5 Å². The van der Waals surface area contributed by atoms with Gasteiger partial charge in [0.25, 0.3) is 0 Å². The molecule has 1 aromatic carbocycles. The molecule has 0 bridgehead atoms. The van der Waals surface area contributed by atoms with Gasteiger partial charge >= 0.3 is 16.1 Å². The van der Waals surface area contributed by atoms with Gasteiger partial charge in [-0.1, -0.05) is 29.3 Å². The predicted octanol–water partition coefficient (Wildman–Crippen LogP) is 1.26. The number of aryl methyl sites for hydroxylation is 1. The van der Waals surface area contributed by atoms with Gasteiger partial charge in [0.1, 0.15) is 22.1 Å². The number of hydrogen-bond donors (Lipinski definition) is 1. The quantitative estimate of drug-likeness (QED) is 0.280. The van der Waals surface area contributed by atoms with E-state index >= 15 is 0 Å². The van der Waals surface area contributed by atoms with Gasteiger partial charge in [-0.25, -0.2) is 4.79 Å². The van der Waals surface area contributed by atoms with E-state index < -0.39 is 33.5 Å². The average molecular weight is 373 g/mol. The number of likely N-dealkylation sites (tertiary alicyclic amines) is 1. The lowest BCUT2D eigenvalue weighted by Gasteiger charge is -2.42. The van der Waals surface area contributed by atoms with Gasteiger partial charge in [-0.2, -0.15) is 8.42 Å². The predicted molar refractivity (Wildman–Crippen MR) is 87.3 cm³/mol. The summed E-state index contributed by atoms with van der Waals surface area (Å²) in [6.45, 7) is 4.87. The molecule has 2 N–H and O–H groups in total. The fourth-order valence-corrected chi connectivity index (χ4v) is 3.29. The second-order valence-electron chi connectivity index (χ2n) is 5.59. The smallest absolute Gasteiger partial charge is 0.336 e. The lowest BCUT2D eigenvalue weighted by molar-refractivity contribution is -0.147. The number of carbonyl (C=O) groups is 2. The van der Waals surface area contributed by atoms with Crippen molar-refractivity contribution in [2.75, 3.05) is 0 Å². The molecule has 24 heavy (non-hydrogen) atoms. The van der Waals surface area contributed by atoms with Gasteiger partial charge in [0.15, 0.2) is 0 Å². The van der Waals surface area contributed by atoms with Crippen LogP contribution in [0.2, 0.25) is 0 Å². The molecule has 1 amide bonds. The highest BCUT2D eigenvalue weighted by Gasteiger charge is 2.48. The van der Waals surface area contributed by atoms with Crippen LogP contribution in [0.1, 0.15) is 19.4 Å². The third-order valence-electron chi connectivity index (χ3n) is 3.47. The Morgan fingerprint density at radius 3 is 2.25 bits per heavy atom. The van der Waals surface area contributed by atoms with Crippen LogP contribution in [0.4, 0.5) is 0 Å². The van der Waals surface area contributed by atoms with Gasteiger partial charge in [-0.15, -0.1) is 0 Å². The zero-order valence-corrected chi connectivity index (χ0v) is 14.9. The first-order valence-corrected chi connectivity index (χ1v) is 8.86. The molecule has 0 aliphatic carbocycles. The number of β-lactam (4-membered cyclic amide) rings is 1. The van der Waals surface area contributed by atoms with Crippen molar-refractivity contribution in [2.24, 2.45) is 5.73 Å². The highest BCUT2D eigenvalue weighted by molar-refractivity contribution is 7.87. The summed E-state index contributed by atoms with van der Waals surface area (Å²) in [5.74, 6) is -1.75. The van der Waals surface area contributed by atoms with Crippen LogP contribution < -0.4 is 5.73 Å². The molecule has 1 aliphatic heterocycles. The molecule has 7 nitrogen and oxygen atoms in total. The summed E-state index contributed by atoms with van der Waals surface area (Å²) >= 11 is 5.94. The first-order chi connectivity index (χ1) is 11.1. The summed E-state index contributed by atoms with van der Waals surface area (Å²) in [6, 6.07) is 4.87. The Kier molecular flexibility index (Phi) is 5.03. The van der Waals surface area contributed by atoms with Crippen molar-refractivity contribution in [1.29, 1.82) is 0 Å². The SMILES string of the molecule is CC(C)=C(C(=O)OS(=O)(=O)c1ccc(C)cc1)N1C(=O)C(N)C1Cl. The number of benzene rings is 1. The number of nitrogens with two attached hydrogens (primary N) is 1. The molecule has 0 radical (unpaired) electrons. The van der Waals surface area contributed by atoms with E-state index in [1.807, 2.05) is 0 Å². The maximum atomic E-state index is 12.3. The van der Waals surface area contributed by atoms with E-state index in [9.17, 15) is 18.0 Å². The lowest BCUT2D eigenvalue weighted by atomic mass is 10.1. The summed E-state index contributed by atoms with van der Waals surface area (Å²) in [4.78, 5) is 24.9. The van der Waals surface area contributed by atoms with Crippen LogP contribution in [0.25, 0.3) is 0 Å². The van der Waals surface area contributed by atoms with E-state index in [-0.39, 0.29) is 10.6 Å². The third kappa shape index (κ3) is 3.31. The van der Waals surface area contributed by atoms with Crippen LogP contribution in [-0.4, -0.2) is 36.7 Å². The Morgan fingerprint density at radius 1 is 1.25 bits per heavy atom. The molecule has 2 unspecified atom stereocenters. The van der Waals surface area contributed by atoms with Crippen molar-refractivity contribution in [3.63, 3.8) is 0 Å². The molecule has 1 fully saturated rings. The van der Waals surface area contributed by atoms with Crippen molar-refractivity contribution in [1.82, 2.24) is 4.90 Å². The van der Waals surface area contributed by atoms with Crippen LogP contribution >= 0.6 is 11.6 Å². The second-order valence-corrected chi connectivity index (χ2v) is 7.59. The number of amides is 1. The molecule has 9 heteroatoms. The second kappa shape index (κ2) is 6.54. The number of halogens is 1.